The van der Waals surface area contributed by atoms with Gasteiger partial charge in [-0.3, -0.25) is 14.7 Å². The van der Waals surface area contributed by atoms with Crippen LogP contribution in [0.3, 0.4) is 0 Å². The zero-order valence-corrected chi connectivity index (χ0v) is 20.8. The van der Waals surface area contributed by atoms with Gasteiger partial charge in [0, 0.05) is 51.3 Å². The average molecular weight is 486 g/mol. The number of hydrogen-bond donors (Lipinski definition) is 0. The third-order valence-corrected chi connectivity index (χ3v) is 6.77. The van der Waals surface area contributed by atoms with Gasteiger partial charge in [0.1, 0.15) is 0 Å². The molecule has 166 valence electrons. The summed E-state index contributed by atoms with van der Waals surface area (Å²) in [6.07, 6.45) is 4.06. The second-order valence-corrected chi connectivity index (χ2v) is 10.2. The van der Waals surface area contributed by atoms with Gasteiger partial charge in [-0.15, -0.1) is 0 Å². The number of hydrogen-bond acceptors (Lipinski definition) is 3. The summed E-state index contributed by atoms with van der Waals surface area (Å²) in [6, 6.07) is 13.9. The van der Waals surface area contributed by atoms with Gasteiger partial charge in [-0.1, -0.05) is 47.5 Å². The number of benzene rings is 2. The van der Waals surface area contributed by atoms with Crippen LogP contribution >= 0.6 is 35.0 Å². The van der Waals surface area contributed by atoms with E-state index in [2.05, 4.69) is 27.9 Å². The number of nitrogens with zero attached hydrogens (tertiary/aromatic N) is 3. The maximum atomic E-state index is 13.2. The van der Waals surface area contributed by atoms with Crippen LogP contribution in [-0.2, 0) is 11.3 Å². The van der Waals surface area contributed by atoms with Crippen LogP contribution in [0.4, 0.5) is 0 Å². The molecule has 2 heterocycles. The lowest BCUT2D eigenvalue weighted by Crippen LogP contribution is -2.35. The predicted octanol–water partition coefficient (Wildman–Crippen LogP) is 7.09. The molecule has 1 aliphatic heterocycles. The minimum absolute atomic E-state index is 0.00183. The van der Waals surface area contributed by atoms with Crippen molar-refractivity contribution in [2.75, 3.05) is 0 Å². The molecule has 7 heteroatoms. The van der Waals surface area contributed by atoms with Gasteiger partial charge in [-0.05, 0) is 69.3 Å². The molecule has 0 aliphatic carbocycles. The maximum absolute atomic E-state index is 13.2. The first kappa shape index (κ1) is 23.0. The summed E-state index contributed by atoms with van der Waals surface area (Å²) >= 11 is 13.9. The van der Waals surface area contributed by atoms with Gasteiger partial charge in [0.05, 0.1) is 4.91 Å². The van der Waals surface area contributed by atoms with Gasteiger partial charge in [0.25, 0.3) is 5.91 Å². The molecule has 0 bridgehead atoms. The van der Waals surface area contributed by atoms with Crippen LogP contribution < -0.4 is 0 Å². The highest BCUT2D eigenvalue weighted by molar-refractivity contribution is 8.18. The fraction of sp³-hybridized carbons (Fsp3) is 0.280. The molecule has 1 saturated heterocycles. The van der Waals surface area contributed by atoms with Crippen LogP contribution in [0.25, 0.3) is 17.0 Å². The summed E-state index contributed by atoms with van der Waals surface area (Å²) < 4.78 is 2.16. The van der Waals surface area contributed by atoms with Crippen LogP contribution in [0.5, 0.6) is 0 Å². The van der Waals surface area contributed by atoms with E-state index in [4.69, 9.17) is 23.2 Å². The summed E-state index contributed by atoms with van der Waals surface area (Å²) in [7, 11) is 0. The highest BCUT2D eigenvalue weighted by Gasteiger charge is 2.35. The van der Waals surface area contributed by atoms with E-state index in [0.29, 0.717) is 21.5 Å². The molecular formula is C25H25Cl2N3OS. The van der Waals surface area contributed by atoms with E-state index in [0.717, 1.165) is 27.2 Å². The summed E-state index contributed by atoms with van der Waals surface area (Å²) in [5, 5.41) is 3.11. The summed E-state index contributed by atoms with van der Waals surface area (Å²) in [6.45, 7) is 8.68. The van der Waals surface area contributed by atoms with E-state index in [9.17, 15) is 4.79 Å². The Labute approximate surface area is 202 Å². The Morgan fingerprint density at radius 1 is 1.09 bits per heavy atom. The number of halogens is 2. The standard InChI is InChI=1S/C25H25Cl2N3OS/c1-15(2)28-25-30(16(3)4)24(31)23(32-25)11-18-14-29(22-8-6-5-7-20(18)22)13-17-9-10-19(26)12-21(17)27/h5-12,14-16H,13H2,1-4H3/b23-11+,28-25?. The van der Waals surface area contributed by atoms with Crippen molar-refractivity contribution >= 4 is 63.0 Å². The first-order valence-corrected chi connectivity index (χ1v) is 12.1. The first-order valence-electron chi connectivity index (χ1n) is 10.6. The lowest BCUT2D eigenvalue weighted by atomic mass is 10.1. The molecule has 0 radical (unpaired) electrons. The quantitative estimate of drug-likeness (QED) is 0.361. The van der Waals surface area contributed by atoms with Gasteiger partial charge in [0.15, 0.2) is 5.17 Å². The fourth-order valence-corrected chi connectivity index (χ4v) is 5.44. The minimum Gasteiger partial charge on any atom is -0.342 e. The fourth-order valence-electron chi connectivity index (χ4n) is 3.75. The molecule has 0 N–H and O–H groups in total. The highest BCUT2D eigenvalue weighted by Crippen LogP contribution is 2.36. The van der Waals surface area contributed by atoms with Crippen molar-refractivity contribution in [2.24, 2.45) is 4.99 Å². The van der Waals surface area contributed by atoms with Crippen molar-refractivity contribution in [1.29, 1.82) is 0 Å². The molecule has 0 atom stereocenters. The molecule has 32 heavy (non-hydrogen) atoms. The third-order valence-electron chi connectivity index (χ3n) is 5.18. The predicted molar refractivity (Wildman–Crippen MR) is 138 cm³/mol. The van der Waals surface area contributed by atoms with Crippen LogP contribution in [0.1, 0.15) is 38.8 Å². The summed E-state index contributed by atoms with van der Waals surface area (Å²) in [5.41, 5.74) is 3.06. The number of carbonyl (C=O) groups excluding carboxylic acids is 1. The number of aromatic nitrogens is 1. The minimum atomic E-state index is 0.00183. The topological polar surface area (TPSA) is 37.6 Å². The number of rotatable bonds is 5. The summed E-state index contributed by atoms with van der Waals surface area (Å²) in [4.78, 5) is 20.3. The zero-order valence-electron chi connectivity index (χ0n) is 18.5. The number of amidine groups is 1. The zero-order chi connectivity index (χ0) is 23.0. The first-order chi connectivity index (χ1) is 15.2. The van der Waals surface area contributed by atoms with E-state index < -0.39 is 0 Å². The number of thioether (sulfide) groups is 1. The molecular weight excluding hydrogens is 461 g/mol. The van der Waals surface area contributed by atoms with Gasteiger partial charge in [-0.25, -0.2) is 0 Å². The lowest BCUT2D eigenvalue weighted by Gasteiger charge is -2.20. The number of fused-ring (bicyclic) bond motifs is 1. The van der Waals surface area contributed by atoms with Crippen LogP contribution in [-0.4, -0.2) is 32.6 Å². The van der Waals surface area contributed by atoms with Crippen molar-refractivity contribution < 1.29 is 4.79 Å². The average Bonchev–Trinajstić information content (AvgIpc) is 3.21. The van der Waals surface area contributed by atoms with Gasteiger partial charge < -0.3 is 4.57 Å². The van der Waals surface area contributed by atoms with Crippen LogP contribution in [0.15, 0.2) is 58.6 Å². The second kappa shape index (κ2) is 9.34. The monoisotopic (exact) mass is 485 g/mol. The van der Waals surface area contributed by atoms with E-state index in [1.807, 2.05) is 58.0 Å². The van der Waals surface area contributed by atoms with E-state index in [1.165, 1.54) is 11.8 Å². The number of aliphatic imine (C=N–C) groups is 1. The summed E-state index contributed by atoms with van der Waals surface area (Å²) in [5.74, 6) is 0.00183. The van der Waals surface area contributed by atoms with Gasteiger partial charge in [-0.2, -0.15) is 0 Å². The van der Waals surface area contributed by atoms with Crippen LogP contribution in [0.2, 0.25) is 10.0 Å². The molecule has 1 amide bonds. The third kappa shape index (κ3) is 4.61. The Bertz CT molecular complexity index is 1240. The second-order valence-electron chi connectivity index (χ2n) is 8.35. The largest absolute Gasteiger partial charge is 0.342 e. The van der Waals surface area contributed by atoms with E-state index >= 15 is 0 Å². The molecule has 4 nitrogen and oxygen atoms in total. The molecule has 1 aliphatic rings. The smallest absolute Gasteiger partial charge is 0.266 e. The van der Waals surface area contributed by atoms with Crippen LogP contribution in [0, 0.1) is 0 Å². The van der Waals surface area contributed by atoms with Crippen molar-refractivity contribution in [2.45, 2.75) is 46.3 Å². The normalized spacial score (nSPS) is 17.1. The molecule has 0 spiro atoms. The van der Waals surface area contributed by atoms with Crippen molar-refractivity contribution in [3.05, 3.63) is 74.7 Å². The number of amides is 1. The van der Waals surface area contributed by atoms with E-state index in [1.54, 1.807) is 11.0 Å². The van der Waals surface area contributed by atoms with Gasteiger partial charge >= 0.3 is 0 Å². The highest BCUT2D eigenvalue weighted by atomic mass is 35.5. The molecule has 1 fully saturated rings. The molecule has 0 unspecified atom stereocenters. The Morgan fingerprint density at radius 3 is 2.53 bits per heavy atom. The number of carbonyl (C=O) groups is 1. The van der Waals surface area contributed by atoms with E-state index in [-0.39, 0.29) is 18.0 Å². The maximum Gasteiger partial charge on any atom is 0.266 e. The Morgan fingerprint density at radius 2 is 1.84 bits per heavy atom. The molecule has 2 aromatic carbocycles. The van der Waals surface area contributed by atoms with Crippen molar-refractivity contribution in [1.82, 2.24) is 9.47 Å². The Kier molecular flexibility index (Phi) is 6.70. The van der Waals surface area contributed by atoms with Gasteiger partial charge in [0.2, 0.25) is 0 Å². The molecule has 1 aromatic heterocycles. The molecule has 4 rings (SSSR count). The van der Waals surface area contributed by atoms with Crippen molar-refractivity contribution in [3.63, 3.8) is 0 Å². The van der Waals surface area contributed by atoms with Crippen molar-refractivity contribution in [3.8, 4) is 0 Å². The Balaban J connectivity index is 1.75. The SMILES string of the molecule is CC(C)N=C1S/C(=C/c2cn(Cc3ccc(Cl)cc3Cl)c3ccccc23)C(=O)N1C(C)C. The Hall–Kier alpha value is -2.21. The molecule has 0 saturated carbocycles. The number of para-hydroxylation sites is 1. The molecule has 3 aromatic rings. The lowest BCUT2D eigenvalue weighted by molar-refractivity contribution is -0.123.